The molecule has 0 heterocycles. The number of guanidine groups is 1. The molecule has 0 rings (SSSR count). The van der Waals surface area contributed by atoms with Crippen molar-refractivity contribution < 1.29 is 19.1 Å². The van der Waals surface area contributed by atoms with Crippen LogP contribution in [0.2, 0.25) is 0 Å². The summed E-state index contributed by atoms with van der Waals surface area (Å²) >= 11 is 0. The number of nitrogens with zero attached hydrogens (tertiary/aromatic N) is 1. The molecule has 7 nitrogen and oxygen atoms in total. The summed E-state index contributed by atoms with van der Waals surface area (Å²) in [7, 11) is 1.26. The lowest BCUT2D eigenvalue weighted by Crippen LogP contribution is -2.23. The van der Waals surface area contributed by atoms with E-state index >= 15 is 0 Å². The van der Waals surface area contributed by atoms with Gasteiger partial charge < -0.3 is 20.9 Å². The van der Waals surface area contributed by atoms with Crippen molar-refractivity contribution in [3.63, 3.8) is 0 Å². The third-order valence-corrected chi connectivity index (χ3v) is 1.41. The summed E-state index contributed by atoms with van der Waals surface area (Å²) < 4.78 is 9.08. The predicted molar refractivity (Wildman–Crippen MR) is 52.9 cm³/mol. The van der Waals surface area contributed by atoms with Crippen molar-refractivity contribution in [1.82, 2.24) is 0 Å². The highest BCUT2D eigenvalue weighted by Crippen LogP contribution is 1.94. The lowest BCUT2D eigenvalue weighted by atomic mass is 10.3. The van der Waals surface area contributed by atoms with Gasteiger partial charge in [-0.3, -0.25) is 14.6 Å². The molecule has 0 radical (unpaired) electrons. The number of methoxy groups -OCH3 is 1. The zero-order chi connectivity index (χ0) is 11.7. The Morgan fingerprint density at radius 3 is 2.33 bits per heavy atom. The van der Waals surface area contributed by atoms with Crippen LogP contribution in [-0.2, 0) is 19.1 Å². The number of esters is 2. The van der Waals surface area contributed by atoms with Gasteiger partial charge in [-0.15, -0.1) is 0 Å². The van der Waals surface area contributed by atoms with Gasteiger partial charge in [-0.1, -0.05) is 0 Å². The first kappa shape index (κ1) is 13.2. The third-order valence-electron chi connectivity index (χ3n) is 1.41. The van der Waals surface area contributed by atoms with Crippen LogP contribution in [0.15, 0.2) is 4.99 Å². The van der Waals surface area contributed by atoms with Crippen molar-refractivity contribution in [2.45, 2.75) is 12.8 Å². The average molecular weight is 217 g/mol. The summed E-state index contributed by atoms with van der Waals surface area (Å²) in [5.74, 6) is -0.983. The molecule has 0 bridgehead atoms. The van der Waals surface area contributed by atoms with E-state index in [0.29, 0.717) is 0 Å². The molecule has 0 aromatic carbocycles. The molecule has 0 aliphatic heterocycles. The Hall–Kier alpha value is -1.79. The molecule has 0 aliphatic rings. The monoisotopic (exact) mass is 217 g/mol. The summed E-state index contributed by atoms with van der Waals surface area (Å²) in [5.41, 5.74) is 10.1. The fourth-order valence-electron chi connectivity index (χ4n) is 0.713. The van der Waals surface area contributed by atoms with Gasteiger partial charge in [0.05, 0.1) is 26.5 Å². The number of rotatable bonds is 6. The molecule has 0 atom stereocenters. The summed E-state index contributed by atoms with van der Waals surface area (Å²) in [6, 6.07) is 0. The topological polar surface area (TPSA) is 117 Å². The van der Waals surface area contributed by atoms with Crippen molar-refractivity contribution in [3.8, 4) is 0 Å². The summed E-state index contributed by atoms with van der Waals surface area (Å²) in [6.45, 7) is 0.310. The van der Waals surface area contributed by atoms with E-state index in [1.54, 1.807) is 0 Å². The lowest BCUT2D eigenvalue weighted by Gasteiger charge is -2.02. The number of carbonyl (C=O) groups excluding carboxylic acids is 2. The van der Waals surface area contributed by atoms with E-state index in [0.717, 1.165) is 0 Å². The van der Waals surface area contributed by atoms with Crippen molar-refractivity contribution in [1.29, 1.82) is 0 Å². The Labute approximate surface area is 87.4 Å². The second-order valence-electron chi connectivity index (χ2n) is 2.60. The molecular weight excluding hydrogens is 202 g/mol. The van der Waals surface area contributed by atoms with Crippen LogP contribution in [-0.4, -0.2) is 38.2 Å². The van der Waals surface area contributed by atoms with Crippen molar-refractivity contribution >= 4 is 17.9 Å². The van der Waals surface area contributed by atoms with Crippen LogP contribution in [0.25, 0.3) is 0 Å². The van der Waals surface area contributed by atoms with Gasteiger partial charge in [0.1, 0.15) is 6.61 Å². The summed E-state index contributed by atoms with van der Waals surface area (Å²) in [5, 5.41) is 0. The first-order chi connectivity index (χ1) is 7.06. The van der Waals surface area contributed by atoms with Crippen LogP contribution < -0.4 is 11.5 Å². The second kappa shape index (κ2) is 7.60. The molecule has 0 unspecified atom stereocenters. The van der Waals surface area contributed by atoms with Crippen LogP contribution in [0.4, 0.5) is 0 Å². The first-order valence-corrected chi connectivity index (χ1v) is 4.34. The zero-order valence-electron chi connectivity index (χ0n) is 8.56. The maximum Gasteiger partial charge on any atom is 0.306 e. The SMILES string of the molecule is COC(=O)CCC(=O)OCCN=C(N)N. The largest absolute Gasteiger partial charge is 0.469 e. The lowest BCUT2D eigenvalue weighted by molar-refractivity contribution is -0.148. The van der Waals surface area contributed by atoms with Gasteiger partial charge in [0.25, 0.3) is 0 Å². The van der Waals surface area contributed by atoms with Crippen LogP contribution in [0.1, 0.15) is 12.8 Å². The molecule has 0 aromatic rings. The highest BCUT2D eigenvalue weighted by Gasteiger charge is 2.07. The fraction of sp³-hybridized carbons (Fsp3) is 0.625. The number of hydrogen-bond donors (Lipinski definition) is 2. The molecular formula is C8H15N3O4. The van der Waals surface area contributed by atoms with Gasteiger partial charge in [-0.05, 0) is 0 Å². The predicted octanol–water partition coefficient (Wildman–Crippen LogP) is -1.24. The number of carbonyl (C=O) groups is 2. The Morgan fingerprint density at radius 1 is 1.20 bits per heavy atom. The Balaban J connectivity index is 3.50. The quantitative estimate of drug-likeness (QED) is 0.248. The van der Waals surface area contributed by atoms with E-state index in [1.807, 2.05) is 0 Å². The van der Waals surface area contributed by atoms with Crippen LogP contribution in [0.3, 0.4) is 0 Å². The standard InChI is InChI=1S/C8H15N3O4/c1-14-6(12)2-3-7(13)15-5-4-11-8(9)10/h2-5H2,1H3,(H4,9,10,11). The van der Waals surface area contributed by atoms with Gasteiger partial charge >= 0.3 is 11.9 Å². The number of ether oxygens (including phenoxy) is 2. The zero-order valence-corrected chi connectivity index (χ0v) is 8.56. The molecule has 0 fully saturated rings. The molecule has 0 spiro atoms. The molecule has 0 aromatic heterocycles. The van der Waals surface area contributed by atoms with E-state index in [1.165, 1.54) is 7.11 Å². The average Bonchev–Trinajstić information content (AvgIpc) is 2.20. The van der Waals surface area contributed by atoms with Gasteiger partial charge in [0.2, 0.25) is 0 Å². The number of nitrogens with two attached hydrogens (primary N) is 2. The minimum atomic E-state index is -0.480. The molecule has 0 aliphatic carbocycles. The van der Waals surface area contributed by atoms with Crippen molar-refractivity contribution in [3.05, 3.63) is 0 Å². The highest BCUT2D eigenvalue weighted by atomic mass is 16.5. The van der Waals surface area contributed by atoms with Crippen LogP contribution >= 0.6 is 0 Å². The van der Waals surface area contributed by atoms with E-state index in [2.05, 4.69) is 9.73 Å². The molecule has 86 valence electrons. The number of hydrogen-bond acceptors (Lipinski definition) is 5. The van der Waals surface area contributed by atoms with Gasteiger partial charge in [-0.2, -0.15) is 0 Å². The van der Waals surface area contributed by atoms with Crippen molar-refractivity contribution in [2.75, 3.05) is 20.3 Å². The van der Waals surface area contributed by atoms with Gasteiger partial charge in [0.15, 0.2) is 5.96 Å². The molecule has 0 saturated carbocycles. The number of aliphatic imine (C=N–C) groups is 1. The first-order valence-electron chi connectivity index (χ1n) is 4.34. The third kappa shape index (κ3) is 8.54. The van der Waals surface area contributed by atoms with E-state index in [9.17, 15) is 9.59 Å². The van der Waals surface area contributed by atoms with Gasteiger partial charge in [0, 0.05) is 0 Å². The van der Waals surface area contributed by atoms with Gasteiger partial charge in [-0.25, -0.2) is 0 Å². The molecule has 7 heteroatoms. The molecule has 4 N–H and O–H groups in total. The second-order valence-corrected chi connectivity index (χ2v) is 2.60. The Morgan fingerprint density at radius 2 is 1.80 bits per heavy atom. The molecule has 0 saturated heterocycles. The molecule has 15 heavy (non-hydrogen) atoms. The minimum absolute atomic E-state index is 0.00546. The maximum atomic E-state index is 11.0. The minimum Gasteiger partial charge on any atom is -0.469 e. The van der Waals surface area contributed by atoms with Crippen LogP contribution in [0, 0.1) is 0 Å². The van der Waals surface area contributed by atoms with E-state index in [-0.39, 0.29) is 32.0 Å². The smallest absolute Gasteiger partial charge is 0.306 e. The Kier molecular flexibility index (Phi) is 6.69. The van der Waals surface area contributed by atoms with Crippen LogP contribution in [0.5, 0.6) is 0 Å². The fourth-order valence-corrected chi connectivity index (χ4v) is 0.713. The van der Waals surface area contributed by atoms with E-state index < -0.39 is 11.9 Å². The molecule has 0 amide bonds. The Bertz CT molecular complexity index is 248. The van der Waals surface area contributed by atoms with Crippen molar-refractivity contribution in [2.24, 2.45) is 16.5 Å². The highest BCUT2D eigenvalue weighted by molar-refractivity contribution is 5.77. The van der Waals surface area contributed by atoms with E-state index in [4.69, 9.17) is 16.2 Å². The summed E-state index contributed by atoms with van der Waals surface area (Å²) in [6.07, 6.45) is 0.00608. The normalized spacial score (nSPS) is 9.13. The maximum absolute atomic E-state index is 11.0. The summed E-state index contributed by atoms with van der Waals surface area (Å²) in [4.78, 5) is 25.2.